The third kappa shape index (κ3) is 10.3. The Morgan fingerprint density at radius 2 is 1.93 bits per heavy atom. The number of ether oxygens (including phenoxy) is 1. The molecule has 1 unspecified atom stereocenters. The first-order valence-electron chi connectivity index (χ1n) is 5.50. The van der Waals surface area contributed by atoms with Crippen LogP contribution in [0.1, 0.15) is 33.1 Å². The van der Waals surface area contributed by atoms with E-state index < -0.39 is 0 Å². The topological polar surface area (TPSA) is 21.3 Å². The van der Waals surface area contributed by atoms with Crippen LogP contribution in [0.15, 0.2) is 0 Å². The number of alkyl halides is 1. The molecule has 0 heterocycles. The number of methoxy groups -OCH3 is 1. The van der Waals surface area contributed by atoms with Gasteiger partial charge in [-0.3, -0.25) is 0 Å². The first-order chi connectivity index (χ1) is 6.66. The SMILES string of the molecule is COCC(Cl)CCNCCCC(C)C. The Bertz CT molecular complexity index is 120. The molecule has 1 atom stereocenters. The molecule has 0 amide bonds. The van der Waals surface area contributed by atoms with Gasteiger partial charge in [-0.05, 0) is 38.3 Å². The number of rotatable bonds is 9. The van der Waals surface area contributed by atoms with Crippen molar-refractivity contribution in [3.63, 3.8) is 0 Å². The van der Waals surface area contributed by atoms with Crippen molar-refractivity contribution in [2.75, 3.05) is 26.8 Å². The second-order valence-corrected chi connectivity index (χ2v) is 4.74. The zero-order valence-electron chi connectivity index (χ0n) is 9.68. The maximum atomic E-state index is 5.98. The Hall–Kier alpha value is 0.210. The third-order valence-corrected chi connectivity index (χ3v) is 2.46. The molecule has 0 spiro atoms. The van der Waals surface area contributed by atoms with Crippen LogP contribution < -0.4 is 5.32 Å². The van der Waals surface area contributed by atoms with Gasteiger partial charge in [-0.2, -0.15) is 0 Å². The lowest BCUT2D eigenvalue weighted by molar-refractivity contribution is 0.195. The van der Waals surface area contributed by atoms with E-state index in [1.807, 2.05) is 0 Å². The van der Waals surface area contributed by atoms with Gasteiger partial charge in [-0.25, -0.2) is 0 Å². The molecule has 0 aliphatic heterocycles. The Morgan fingerprint density at radius 1 is 1.21 bits per heavy atom. The Labute approximate surface area is 93.4 Å². The van der Waals surface area contributed by atoms with E-state index >= 15 is 0 Å². The van der Waals surface area contributed by atoms with Gasteiger partial charge in [-0.15, -0.1) is 11.6 Å². The first kappa shape index (κ1) is 14.2. The molecule has 0 radical (unpaired) electrons. The molecule has 86 valence electrons. The van der Waals surface area contributed by atoms with E-state index in [2.05, 4.69) is 19.2 Å². The molecule has 0 fully saturated rings. The number of hydrogen-bond acceptors (Lipinski definition) is 2. The zero-order chi connectivity index (χ0) is 10.8. The van der Waals surface area contributed by atoms with Crippen molar-refractivity contribution in [2.45, 2.75) is 38.5 Å². The van der Waals surface area contributed by atoms with E-state index in [4.69, 9.17) is 16.3 Å². The van der Waals surface area contributed by atoms with Gasteiger partial charge in [0.05, 0.1) is 12.0 Å². The summed E-state index contributed by atoms with van der Waals surface area (Å²) in [4.78, 5) is 0. The van der Waals surface area contributed by atoms with Crippen LogP contribution in [-0.2, 0) is 4.74 Å². The van der Waals surface area contributed by atoms with Crippen molar-refractivity contribution in [3.05, 3.63) is 0 Å². The van der Waals surface area contributed by atoms with Crippen molar-refractivity contribution in [2.24, 2.45) is 5.92 Å². The zero-order valence-corrected chi connectivity index (χ0v) is 10.4. The summed E-state index contributed by atoms with van der Waals surface area (Å²) in [6.07, 6.45) is 3.54. The summed E-state index contributed by atoms with van der Waals surface area (Å²) in [5.74, 6) is 0.811. The van der Waals surface area contributed by atoms with Gasteiger partial charge in [0, 0.05) is 7.11 Å². The molecule has 2 nitrogen and oxygen atoms in total. The molecular formula is C11H24ClNO. The summed E-state index contributed by atoms with van der Waals surface area (Å²) >= 11 is 5.98. The van der Waals surface area contributed by atoms with Gasteiger partial charge in [0.25, 0.3) is 0 Å². The fraction of sp³-hybridized carbons (Fsp3) is 1.00. The maximum absolute atomic E-state index is 5.98. The lowest BCUT2D eigenvalue weighted by Crippen LogP contribution is -2.21. The average Bonchev–Trinajstić information content (AvgIpc) is 2.11. The van der Waals surface area contributed by atoms with E-state index in [-0.39, 0.29) is 5.38 Å². The van der Waals surface area contributed by atoms with Crippen LogP contribution in [-0.4, -0.2) is 32.2 Å². The number of hydrogen-bond donors (Lipinski definition) is 1. The van der Waals surface area contributed by atoms with E-state index in [9.17, 15) is 0 Å². The molecule has 0 aliphatic rings. The standard InChI is InChI=1S/C11H24ClNO/c1-10(2)5-4-7-13-8-6-11(12)9-14-3/h10-11,13H,4-9H2,1-3H3. The van der Waals surface area contributed by atoms with Gasteiger partial charge < -0.3 is 10.1 Å². The van der Waals surface area contributed by atoms with Crippen LogP contribution >= 0.6 is 11.6 Å². The van der Waals surface area contributed by atoms with Crippen LogP contribution in [0.5, 0.6) is 0 Å². The lowest BCUT2D eigenvalue weighted by Gasteiger charge is -2.09. The summed E-state index contributed by atoms with van der Waals surface area (Å²) in [5.41, 5.74) is 0. The summed E-state index contributed by atoms with van der Waals surface area (Å²) in [6, 6.07) is 0. The monoisotopic (exact) mass is 221 g/mol. The largest absolute Gasteiger partial charge is 0.383 e. The average molecular weight is 222 g/mol. The minimum atomic E-state index is 0.151. The molecule has 3 heteroatoms. The van der Waals surface area contributed by atoms with E-state index in [1.165, 1.54) is 12.8 Å². The predicted molar refractivity (Wildman–Crippen MR) is 63.1 cm³/mol. The molecule has 0 aromatic rings. The summed E-state index contributed by atoms with van der Waals surface area (Å²) in [5, 5.41) is 3.54. The predicted octanol–water partition coefficient (Wildman–Crippen LogP) is 2.66. The smallest absolute Gasteiger partial charge is 0.0626 e. The van der Waals surface area contributed by atoms with Gasteiger partial charge >= 0.3 is 0 Å². The summed E-state index contributed by atoms with van der Waals surface area (Å²) < 4.78 is 4.95. The maximum Gasteiger partial charge on any atom is 0.0626 e. The lowest BCUT2D eigenvalue weighted by atomic mass is 10.1. The molecule has 0 bridgehead atoms. The van der Waals surface area contributed by atoms with Gasteiger partial charge in [-0.1, -0.05) is 13.8 Å². The highest BCUT2D eigenvalue weighted by Gasteiger charge is 2.02. The molecule has 0 aromatic carbocycles. The van der Waals surface area contributed by atoms with Crippen molar-refractivity contribution in [1.82, 2.24) is 5.32 Å². The molecule has 0 saturated heterocycles. The van der Waals surface area contributed by atoms with Gasteiger partial charge in [0.15, 0.2) is 0 Å². The van der Waals surface area contributed by atoms with Crippen LogP contribution in [0.4, 0.5) is 0 Å². The number of halogens is 1. The van der Waals surface area contributed by atoms with Crippen LogP contribution in [0.2, 0.25) is 0 Å². The highest BCUT2D eigenvalue weighted by molar-refractivity contribution is 6.20. The molecule has 14 heavy (non-hydrogen) atoms. The molecule has 0 aliphatic carbocycles. The van der Waals surface area contributed by atoms with Gasteiger partial charge in [0.2, 0.25) is 0 Å². The molecule has 0 rings (SSSR count). The second kappa shape index (κ2) is 9.75. The highest BCUT2D eigenvalue weighted by atomic mass is 35.5. The normalized spacial score (nSPS) is 13.5. The van der Waals surface area contributed by atoms with Crippen molar-refractivity contribution >= 4 is 11.6 Å². The quantitative estimate of drug-likeness (QED) is 0.478. The number of nitrogens with one attached hydrogen (secondary N) is 1. The first-order valence-corrected chi connectivity index (χ1v) is 5.94. The third-order valence-electron chi connectivity index (χ3n) is 2.12. The second-order valence-electron chi connectivity index (χ2n) is 4.13. The van der Waals surface area contributed by atoms with Crippen molar-refractivity contribution < 1.29 is 4.74 Å². The Balaban J connectivity index is 3.05. The fourth-order valence-corrected chi connectivity index (χ4v) is 1.52. The minimum Gasteiger partial charge on any atom is -0.383 e. The molecule has 0 aromatic heterocycles. The van der Waals surface area contributed by atoms with E-state index in [0.29, 0.717) is 6.61 Å². The fourth-order valence-electron chi connectivity index (χ4n) is 1.28. The molecule has 1 N–H and O–H groups in total. The Kier molecular flexibility index (Phi) is 9.90. The van der Waals surface area contributed by atoms with Crippen LogP contribution in [0.3, 0.4) is 0 Å². The van der Waals surface area contributed by atoms with Gasteiger partial charge in [0.1, 0.15) is 0 Å². The van der Waals surface area contributed by atoms with Crippen LogP contribution in [0.25, 0.3) is 0 Å². The Morgan fingerprint density at radius 3 is 2.50 bits per heavy atom. The summed E-state index contributed by atoms with van der Waals surface area (Å²) in [6.45, 7) is 7.26. The van der Waals surface area contributed by atoms with Crippen molar-refractivity contribution in [1.29, 1.82) is 0 Å². The molecular weight excluding hydrogens is 198 g/mol. The summed E-state index contributed by atoms with van der Waals surface area (Å²) in [7, 11) is 1.69. The highest BCUT2D eigenvalue weighted by Crippen LogP contribution is 2.03. The minimum absolute atomic E-state index is 0.151. The van der Waals surface area contributed by atoms with Crippen molar-refractivity contribution in [3.8, 4) is 0 Å². The van der Waals surface area contributed by atoms with Crippen LogP contribution in [0, 0.1) is 5.92 Å². The van der Waals surface area contributed by atoms with E-state index in [1.54, 1.807) is 7.11 Å². The van der Waals surface area contributed by atoms with E-state index in [0.717, 1.165) is 25.4 Å². The molecule has 0 saturated carbocycles.